The van der Waals surface area contributed by atoms with E-state index >= 15 is 0 Å². The molecule has 0 heterocycles. The second-order valence-corrected chi connectivity index (χ2v) is 4.30. The van der Waals surface area contributed by atoms with E-state index in [1.54, 1.807) is 7.11 Å². The molecule has 2 N–H and O–H groups in total. The van der Waals surface area contributed by atoms with Crippen molar-refractivity contribution in [2.45, 2.75) is 20.4 Å². The smallest absolute Gasteiger partial charge is 0.165 e. The minimum absolute atomic E-state index is 0.198. The quantitative estimate of drug-likeness (QED) is 0.742. The molecule has 0 radical (unpaired) electrons. The second-order valence-electron chi connectivity index (χ2n) is 4.30. The number of hydrogen-bond donors (Lipinski definition) is 2. The third kappa shape index (κ3) is 4.20. The fraction of sp³-hybridized carbons (Fsp3) is 0.571. The van der Waals surface area contributed by atoms with Gasteiger partial charge in [-0.15, -0.1) is 0 Å². The van der Waals surface area contributed by atoms with Gasteiger partial charge < -0.3 is 19.9 Å². The molecule has 18 heavy (non-hydrogen) atoms. The summed E-state index contributed by atoms with van der Waals surface area (Å²) in [6.45, 7) is 6.25. The van der Waals surface area contributed by atoms with Crippen LogP contribution >= 0.6 is 0 Å². The third-order valence-corrected chi connectivity index (χ3v) is 2.68. The zero-order valence-electron chi connectivity index (χ0n) is 11.4. The number of nitrogens with one attached hydrogen (secondary N) is 1. The van der Waals surface area contributed by atoms with E-state index in [2.05, 4.69) is 5.32 Å². The average molecular weight is 253 g/mol. The number of methoxy groups -OCH3 is 1. The van der Waals surface area contributed by atoms with Gasteiger partial charge in [0.1, 0.15) is 0 Å². The van der Waals surface area contributed by atoms with E-state index in [9.17, 15) is 0 Å². The van der Waals surface area contributed by atoms with Crippen molar-refractivity contribution >= 4 is 0 Å². The molecule has 0 fully saturated rings. The lowest BCUT2D eigenvalue weighted by Gasteiger charge is -2.15. The maximum atomic E-state index is 8.96. The van der Waals surface area contributed by atoms with Crippen LogP contribution in [-0.2, 0) is 6.54 Å². The zero-order valence-corrected chi connectivity index (χ0v) is 11.4. The number of rotatable bonds is 8. The van der Waals surface area contributed by atoms with E-state index in [4.69, 9.17) is 14.6 Å². The van der Waals surface area contributed by atoms with Gasteiger partial charge in [-0.3, -0.25) is 0 Å². The van der Waals surface area contributed by atoms with Gasteiger partial charge in [0.05, 0.1) is 13.7 Å². The Kier molecular flexibility index (Phi) is 6.54. The van der Waals surface area contributed by atoms with Crippen LogP contribution in [0.1, 0.15) is 19.4 Å². The van der Waals surface area contributed by atoms with Crippen LogP contribution in [0.4, 0.5) is 0 Å². The summed E-state index contributed by atoms with van der Waals surface area (Å²) < 4.78 is 10.9. The Labute approximate surface area is 109 Å². The molecule has 0 aliphatic rings. The number of ether oxygens (including phenoxy) is 2. The number of aliphatic hydroxyl groups is 1. The van der Waals surface area contributed by atoms with Crippen molar-refractivity contribution in [1.29, 1.82) is 0 Å². The van der Waals surface area contributed by atoms with Crippen molar-refractivity contribution in [3.8, 4) is 11.5 Å². The normalized spacial score (nSPS) is 12.2. The maximum absolute atomic E-state index is 8.96. The summed E-state index contributed by atoms with van der Waals surface area (Å²) in [5.74, 6) is 1.81. The highest BCUT2D eigenvalue weighted by Gasteiger charge is 2.09. The minimum Gasteiger partial charge on any atom is -0.493 e. The number of hydrogen-bond acceptors (Lipinski definition) is 4. The Bertz CT molecular complexity index is 355. The van der Waals surface area contributed by atoms with Crippen LogP contribution in [0, 0.1) is 5.92 Å². The van der Waals surface area contributed by atoms with Gasteiger partial charge in [-0.1, -0.05) is 19.1 Å². The standard InChI is InChI=1S/C14H23NO3/c1-4-18-13-7-5-6-12(14(13)17-3)9-15-8-11(2)10-16/h5-7,11,15-16H,4,8-10H2,1-3H3. The summed E-state index contributed by atoms with van der Waals surface area (Å²) in [6.07, 6.45) is 0. The molecule has 0 spiro atoms. The summed E-state index contributed by atoms with van der Waals surface area (Å²) in [5.41, 5.74) is 1.06. The van der Waals surface area contributed by atoms with E-state index in [1.807, 2.05) is 32.0 Å². The molecule has 0 aliphatic carbocycles. The van der Waals surface area contributed by atoms with Gasteiger partial charge in [-0.05, 0) is 18.9 Å². The lowest BCUT2D eigenvalue weighted by Crippen LogP contribution is -2.23. The second kappa shape index (κ2) is 7.95. The van der Waals surface area contributed by atoms with Crippen LogP contribution in [0.5, 0.6) is 11.5 Å². The van der Waals surface area contributed by atoms with E-state index < -0.39 is 0 Å². The molecular formula is C14H23NO3. The van der Waals surface area contributed by atoms with Gasteiger partial charge in [0.15, 0.2) is 11.5 Å². The van der Waals surface area contributed by atoms with E-state index in [0.717, 1.165) is 23.6 Å². The molecule has 0 saturated heterocycles. The molecule has 1 aromatic carbocycles. The van der Waals surface area contributed by atoms with Crippen LogP contribution in [0.25, 0.3) is 0 Å². The summed E-state index contributed by atoms with van der Waals surface area (Å²) in [4.78, 5) is 0. The molecule has 0 aliphatic heterocycles. The highest BCUT2D eigenvalue weighted by molar-refractivity contribution is 5.46. The Morgan fingerprint density at radius 1 is 1.39 bits per heavy atom. The highest BCUT2D eigenvalue weighted by Crippen LogP contribution is 2.30. The van der Waals surface area contributed by atoms with Gasteiger partial charge in [0.25, 0.3) is 0 Å². The van der Waals surface area contributed by atoms with Gasteiger partial charge in [0, 0.05) is 25.3 Å². The average Bonchev–Trinajstić information content (AvgIpc) is 2.39. The number of aliphatic hydroxyl groups excluding tert-OH is 1. The van der Waals surface area contributed by atoms with Crippen molar-refractivity contribution in [2.75, 3.05) is 26.9 Å². The third-order valence-electron chi connectivity index (χ3n) is 2.68. The predicted octanol–water partition coefficient (Wildman–Crippen LogP) is 1.81. The number of benzene rings is 1. The van der Waals surface area contributed by atoms with Gasteiger partial charge in [-0.25, -0.2) is 0 Å². The lowest BCUT2D eigenvalue weighted by molar-refractivity contribution is 0.233. The maximum Gasteiger partial charge on any atom is 0.165 e. The first-order valence-electron chi connectivity index (χ1n) is 6.33. The topological polar surface area (TPSA) is 50.7 Å². The molecule has 1 aromatic rings. The van der Waals surface area contributed by atoms with E-state index in [1.165, 1.54) is 0 Å². The van der Waals surface area contributed by atoms with Crippen LogP contribution < -0.4 is 14.8 Å². The first kappa shape index (κ1) is 14.8. The Morgan fingerprint density at radius 3 is 2.78 bits per heavy atom. The Balaban J connectivity index is 2.66. The molecule has 4 nitrogen and oxygen atoms in total. The summed E-state index contributed by atoms with van der Waals surface area (Å²) in [7, 11) is 1.65. The molecule has 0 bridgehead atoms. The molecule has 1 atom stereocenters. The highest BCUT2D eigenvalue weighted by atomic mass is 16.5. The summed E-state index contributed by atoms with van der Waals surface area (Å²) in [5, 5.41) is 12.3. The van der Waals surface area contributed by atoms with Crippen LogP contribution in [0.2, 0.25) is 0 Å². The summed E-state index contributed by atoms with van der Waals surface area (Å²) in [6, 6.07) is 5.88. The van der Waals surface area contributed by atoms with Crippen LogP contribution in [0.3, 0.4) is 0 Å². The van der Waals surface area contributed by atoms with Crippen molar-refractivity contribution < 1.29 is 14.6 Å². The summed E-state index contributed by atoms with van der Waals surface area (Å²) >= 11 is 0. The van der Waals surface area contributed by atoms with E-state index in [0.29, 0.717) is 13.2 Å². The molecule has 1 rings (SSSR count). The monoisotopic (exact) mass is 253 g/mol. The minimum atomic E-state index is 0.198. The molecular weight excluding hydrogens is 230 g/mol. The van der Waals surface area contributed by atoms with Gasteiger partial charge in [0.2, 0.25) is 0 Å². The predicted molar refractivity (Wildman–Crippen MR) is 72.1 cm³/mol. The van der Waals surface area contributed by atoms with Crippen molar-refractivity contribution in [3.63, 3.8) is 0 Å². The first-order chi connectivity index (χ1) is 8.72. The molecule has 4 heteroatoms. The lowest BCUT2D eigenvalue weighted by atomic mass is 10.1. The molecule has 102 valence electrons. The van der Waals surface area contributed by atoms with Crippen molar-refractivity contribution in [3.05, 3.63) is 23.8 Å². The van der Waals surface area contributed by atoms with E-state index in [-0.39, 0.29) is 12.5 Å². The first-order valence-corrected chi connectivity index (χ1v) is 6.33. The Morgan fingerprint density at radius 2 is 2.17 bits per heavy atom. The van der Waals surface area contributed by atoms with Crippen LogP contribution in [-0.4, -0.2) is 32.0 Å². The van der Waals surface area contributed by atoms with Crippen molar-refractivity contribution in [2.24, 2.45) is 5.92 Å². The Hall–Kier alpha value is -1.26. The fourth-order valence-electron chi connectivity index (χ4n) is 1.72. The fourth-order valence-corrected chi connectivity index (χ4v) is 1.72. The molecule has 0 amide bonds. The largest absolute Gasteiger partial charge is 0.493 e. The zero-order chi connectivity index (χ0) is 13.4. The molecule has 0 aromatic heterocycles. The molecule has 1 unspecified atom stereocenters. The van der Waals surface area contributed by atoms with Crippen molar-refractivity contribution in [1.82, 2.24) is 5.32 Å². The van der Waals surface area contributed by atoms with Gasteiger partial charge in [-0.2, -0.15) is 0 Å². The molecule has 0 saturated carbocycles. The number of para-hydroxylation sites is 1. The SMILES string of the molecule is CCOc1cccc(CNCC(C)CO)c1OC. The van der Waals surface area contributed by atoms with Gasteiger partial charge >= 0.3 is 0 Å². The van der Waals surface area contributed by atoms with Crippen LogP contribution in [0.15, 0.2) is 18.2 Å².